The fraction of sp³-hybridized carbons (Fsp3) is 0.0435. The van der Waals surface area contributed by atoms with E-state index in [0.29, 0.717) is 0 Å². The lowest BCUT2D eigenvalue weighted by Gasteiger charge is -2.34. The quantitative estimate of drug-likeness (QED) is 0.124. The van der Waals surface area contributed by atoms with E-state index in [1.165, 1.54) is 93.9 Å². The molecule has 1 nitrogen and oxygen atoms in total. The molecule has 0 aliphatic heterocycles. The predicted molar refractivity (Wildman–Crippen MR) is 298 cm³/mol. The van der Waals surface area contributed by atoms with Gasteiger partial charge < -0.3 is 4.90 Å². The van der Waals surface area contributed by atoms with E-state index in [2.05, 4.69) is 292 Å². The number of hydrogen-bond acceptors (Lipinski definition) is 1. The molecule has 1 heteroatoms. The first-order valence-electron chi connectivity index (χ1n) is 24.4. The van der Waals surface area contributed by atoms with E-state index in [9.17, 15) is 0 Å². The van der Waals surface area contributed by atoms with Crippen molar-refractivity contribution in [3.8, 4) is 55.6 Å². The maximum atomic E-state index is 2.39. The summed E-state index contributed by atoms with van der Waals surface area (Å²) in [5.41, 5.74) is 20.1. The summed E-state index contributed by atoms with van der Waals surface area (Å²) in [7, 11) is 0. The smallest absolute Gasteiger partial charge is 0.0710 e. The van der Waals surface area contributed by atoms with Crippen molar-refractivity contribution in [2.45, 2.75) is 19.3 Å². The Morgan fingerprint density at radius 1 is 0.357 bits per heavy atom. The highest BCUT2D eigenvalue weighted by molar-refractivity contribution is 5.98. The Morgan fingerprint density at radius 2 is 0.886 bits per heavy atom. The van der Waals surface area contributed by atoms with Crippen LogP contribution < -0.4 is 4.90 Å². The van der Waals surface area contributed by atoms with Crippen molar-refractivity contribution in [2.24, 2.45) is 0 Å². The first-order valence-corrected chi connectivity index (χ1v) is 24.4. The van der Waals surface area contributed by atoms with Gasteiger partial charge in [0, 0.05) is 17.1 Å². The maximum absolute atomic E-state index is 2.39. The molecule has 1 unspecified atom stereocenters. The minimum atomic E-state index is -0.457. The van der Waals surface area contributed by atoms with Gasteiger partial charge in [-0.15, -0.1) is 0 Å². The summed E-state index contributed by atoms with van der Waals surface area (Å²) in [6, 6.07) is 93.7. The number of fused-ring (bicyclic) bond motifs is 5. The van der Waals surface area contributed by atoms with E-state index in [0.717, 1.165) is 22.6 Å². The van der Waals surface area contributed by atoms with Gasteiger partial charge in [0.15, 0.2) is 0 Å². The van der Waals surface area contributed by atoms with Crippen molar-refractivity contribution in [3.05, 3.63) is 295 Å². The number of hydrogen-bond donors (Lipinski definition) is 0. The van der Waals surface area contributed by atoms with Gasteiger partial charge in [-0.05, 0) is 156 Å². The second-order valence-corrected chi connectivity index (χ2v) is 18.3. The average Bonchev–Trinajstić information content (AvgIpc) is 3.74. The molecule has 1 aliphatic rings. The van der Waals surface area contributed by atoms with Crippen molar-refractivity contribution in [1.82, 2.24) is 0 Å². The Kier molecular flexibility index (Phi) is 11.0. The van der Waals surface area contributed by atoms with Crippen LogP contribution >= 0.6 is 0 Å². The third kappa shape index (κ3) is 7.27. The molecular formula is C69H51N. The maximum Gasteiger partial charge on any atom is 0.0710 e. The summed E-state index contributed by atoms with van der Waals surface area (Å²) in [6.45, 7) is 4.29. The molecule has 0 saturated heterocycles. The normalized spacial score (nSPS) is 14.2. The number of allylic oxidation sites excluding steroid dienone is 4. The standard InChI is InChI=1S/C69H51N/c1-3-17-57(4-2)69(58-23-6-5-7-24-58)66-30-13-12-27-65(66)68-64(29-16-31-67(68)69)53-40-44-60(45-41-53)70(59-42-38-52(39-43-59)63-28-15-21-51-19-10-11-26-62(51)63)61-25-14-22-55(47-61)49-32-34-50(35-33-49)56-37-36-48-18-8-9-20-54(48)46-56/h3-47H,1-2H3/b17-3-,57-4+. The van der Waals surface area contributed by atoms with Gasteiger partial charge in [-0.2, -0.15) is 0 Å². The van der Waals surface area contributed by atoms with E-state index in [1.807, 2.05) is 0 Å². The molecule has 0 fully saturated rings. The zero-order chi connectivity index (χ0) is 47.0. The molecule has 0 heterocycles. The molecule has 0 saturated carbocycles. The number of anilines is 3. The topological polar surface area (TPSA) is 3.24 Å². The summed E-state index contributed by atoms with van der Waals surface area (Å²) in [6.07, 6.45) is 6.75. The summed E-state index contributed by atoms with van der Waals surface area (Å²) in [5, 5.41) is 5.00. The molecule has 70 heavy (non-hydrogen) atoms. The summed E-state index contributed by atoms with van der Waals surface area (Å²) < 4.78 is 0. The SMILES string of the molecule is C/C=C\C(=C/C)C1(c2ccccc2)c2ccccc2-c2c(-c3ccc(N(c4ccc(-c5cccc6ccccc56)cc4)c4cccc(-c5ccc(-c6ccc7ccccc7c6)cc5)c4)cc3)cccc21. The summed E-state index contributed by atoms with van der Waals surface area (Å²) in [5.74, 6) is 0. The third-order valence-electron chi connectivity index (χ3n) is 14.4. The first kappa shape index (κ1) is 42.6. The molecule has 0 aromatic heterocycles. The van der Waals surface area contributed by atoms with E-state index < -0.39 is 5.41 Å². The van der Waals surface area contributed by atoms with Crippen LogP contribution in [0.4, 0.5) is 17.1 Å². The number of nitrogens with zero attached hydrogens (tertiary/aromatic N) is 1. The molecular weight excluding hydrogens is 843 g/mol. The molecule has 0 spiro atoms. The van der Waals surface area contributed by atoms with Crippen molar-refractivity contribution in [2.75, 3.05) is 4.90 Å². The van der Waals surface area contributed by atoms with E-state index in [4.69, 9.17) is 0 Å². The van der Waals surface area contributed by atoms with Crippen molar-refractivity contribution in [3.63, 3.8) is 0 Å². The zero-order valence-corrected chi connectivity index (χ0v) is 39.4. The van der Waals surface area contributed by atoms with Crippen LogP contribution in [0.25, 0.3) is 77.2 Å². The van der Waals surface area contributed by atoms with E-state index in [-0.39, 0.29) is 0 Å². The van der Waals surface area contributed by atoms with Crippen molar-refractivity contribution >= 4 is 38.6 Å². The van der Waals surface area contributed by atoms with Crippen LogP contribution in [0.3, 0.4) is 0 Å². The van der Waals surface area contributed by atoms with Crippen LogP contribution in [-0.2, 0) is 5.41 Å². The lowest BCUT2D eigenvalue weighted by molar-refractivity contribution is 0.765. The Labute approximate surface area is 411 Å². The monoisotopic (exact) mass is 893 g/mol. The second kappa shape index (κ2) is 18.0. The molecule has 0 amide bonds. The van der Waals surface area contributed by atoms with Crippen LogP contribution in [0.5, 0.6) is 0 Å². The van der Waals surface area contributed by atoms with Crippen molar-refractivity contribution in [1.29, 1.82) is 0 Å². The van der Waals surface area contributed by atoms with Crippen LogP contribution in [0.2, 0.25) is 0 Å². The van der Waals surface area contributed by atoms with Gasteiger partial charge in [-0.1, -0.05) is 231 Å². The molecule has 0 radical (unpaired) electrons. The van der Waals surface area contributed by atoms with Crippen LogP contribution in [0, 0.1) is 0 Å². The minimum Gasteiger partial charge on any atom is -0.310 e. The highest BCUT2D eigenvalue weighted by Gasteiger charge is 2.47. The number of rotatable bonds is 10. The molecule has 0 N–H and O–H groups in total. The molecule has 11 aromatic carbocycles. The molecule has 12 rings (SSSR count). The van der Waals surface area contributed by atoms with E-state index in [1.54, 1.807) is 0 Å². The Bertz CT molecular complexity index is 3760. The molecule has 11 aromatic rings. The van der Waals surface area contributed by atoms with Crippen molar-refractivity contribution < 1.29 is 0 Å². The van der Waals surface area contributed by atoms with Gasteiger partial charge in [0.05, 0.1) is 5.41 Å². The third-order valence-corrected chi connectivity index (χ3v) is 14.4. The largest absolute Gasteiger partial charge is 0.310 e. The lowest BCUT2D eigenvalue weighted by atomic mass is 9.67. The molecule has 0 bridgehead atoms. The van der Waals surface area contributed by atoms with Crippen LogP contribution in [0.1, 0.15) is 30.5 Å². The molecule has 1 aliphatic carbocycles. The van der Waals surface area contributed by atoms with Gasteiger partial charge in [-0.3, -0.25) is 0 Å². The average molecular weight is 894 g/mol. The van der Waals surface area contributed by atoms with Gasteiger partial charge in [0.2, 0.25) is 0 Å². The zero-order valence-electron chi connectivity index (χ0n) is 39.4. The highest BCUT2D eigenvalue weighted by atomic mass is 15.1. The summed E-state index contributed by atoms with van der Waals surface area (Å²) >= 11 is 0. The van der Waals surface area contributed by atoms with Gasteiger partial charge in [0.1, 0.15) is 0 Å². The molecule has 1 atom stereocenters. The highest BCUT2D eigenvalue weighted by Crippen LogP contribution is 2.59. The van der Waals surface area contributed by atoms with Gasteiger partial charge in [0.25, 0.3) is 0 Å². The Hall–Kier alpha value is -8.78. The van der Waals surface area contributed by atoms with Crippen LogP contribution in [0.15, 0.2) is 279 Å². The lowest BCUT2D eigenvalue weighted by Crippen LogP contribution is -2.29. The van der Waals surface area contributed by atoms with Crippen LogP contribution in [-0.4, -0.2) is 0 Å². The Morgan fingerprint density at radius 3 is 1.61 bits per heavy atom. The van der Waals surface area contributed by atoms with Gasteiger partial charge >= 0.3 is 0 Å². The predicted octanol–water partition coefficient (Wildman–Crippen LogP) is 19.0. The van der Waals surface area contributed by atoms with E-state index >= 15 is 0 Å². The first-order chi connectivity index (χ1) is 34.6. The fourth-order valence-corrected chi connectivity index (χ4v) is 11.2. The second-order valence-electron chi connectivity index (χ2n) is 18.3. The Balaban J connectivity index is 0.957. The minimum absolute atomic E-state index is 0.457. The summed E-state index contributed by atoms with van der Waals surface area (Å²) in [4.78, 5) is 2.39. The van der Waals surface area contributed by atoms with Gasteiger partial charge in [-0.25, -0.2) is 0 Å². The number of benzene rings is 11. The molecule has 332 valence electrons. The fourth-order valence-electron chi connectivity index (χ4n) is 11.2.